The Morgan fingerprint density at radius 1 is 1.06 bits per heavy atom. The van der Waals surface area contributed by atoms with Crippen molar-refractivity contribution in [2.75, 3.05) is 5.32 Å². The first-order valence-electron chi connectivity index (χ1n) is 8.91. The minimum absolute atomic E-state index is 0.0658. The molecule has 3 aromatic rings. The molecule has 1 aromatic heterocycles. The highest BCUT2D eigenvalue weighted by Crippen LogP contribution is 2.30. The third-order valence-electron chi connectivity index (χ3n) is 4.00. The zero-order chi connectivity index (χ0) is 23.3. The van der Waals surface area contributed by atoms with Crippen molar-refractivity contribution in [1.82, 2.24) is 15.3 Å². The van der Waals surface area contributed by atoms with Crippen LogP contribution in [0.2, 0.25) is 5.15 Å². The second-order valence-corrected chi connectivity index (χ2v) is 6.78. The van der Waals surface area contributed by atoms with Crippen molar-refractivity contribution in [1.29, 1.82) is 0 Å². The first kappa shape index (κ1) is 22.8. The van der Waals surface area contributed by atoms with E-state index in [-0.39, 0.29) is 28.7 Å². The average molecular weight is 466 g/mol. The van der Waals surface area contributed by atoms with E-state index in [0.717, 1.165) is 6.07 Å². The smallest absolute Gasteiger partial charge is 0.416 e. The number of nitrogens with zero attached hydrogens (tertiary/aromatic N) is 2. The average Bonchev–Trinajstić information content (AvgIpc) is 2.73. The van der Waals surface area contributed by atoms with Crippen LogP contribution < -0.4 is 21.1 Å². The molecule has 0 bridgehead atoms. The molecule has 32 heavy (non-hydrogen) atoms. The number of alkyl halides is 3. The van der Waals surface area contributed by atoms with Gasteiger partial charge < -0.3 is 21.1 Å². The number of rotatable bonds is 6. The van der Waals surface area contributed by atoms with Crippen molar-refractivity contribution in [2.45, 2.75) is 12.7 Å². The standard InChI is InChI=1S/C20H15ClF3N5O3/c21-16-8-17(28-10-27-16)32-15-3-1-14(2-4-15)29-19(31)26-9-11-5-12(18(25)30)7-13(6-11)20(22,23)24/h1-8,10H,9H2,(H2,25,30)(H2,26,29,31). The zero-order valence-electron chi connectivity index (χ0n) is 16.1. The van der Waals surface area contributed by atoms with Crippen LogP contribution in [0.25, 0.3) is 0 Å². The highest BCUT2D eigenvalue weighted by molar-refractivity contribution is 6.29. The number of halogens is 4. The van der Waals surface area contributed by atoms with Gasteiger partial charge in [0.15, 0.2) is 0 Å². The molecule has 4 N–H and O–H groups in total. The van der Waals surface area contributed by atoms with Gasteiger partial charge in [-0.3, -0.25) is 4.79 Å². The molecule has 1 heterocycles. The molecule has 0 fully saturated rings. The molecule has 3 rings (SSSR count). The number of nitrogens with two attached hydrogens (primary N) is 1. The highest BCUT2D eigenvalue weighted by Gasteiger charge is 2.31. The van der Waals surface area contributed by atoms with Crippen LogP contribution in [-0.4, -0.2) is 21.9 Å². The van der Waals surface area contributed by atoms with E-state index in [1.807, 2.05) is 0 Å². The molecule has 0 aliphatic heterocycles. The van der Waals surface area contributed by atoms with E-state index in [9.17, 15) is 22.8 Å². The number of ether oxygens (including phenoxy) is 1. The Kier molecular flexibility index (Phi) is 6.79. The van der Waals surface area contributed by atoms with Crippen LogP contribution >= 0.6 is 11.6 Å². The Morgan fingerprint density at radius 2 is 1.78 bits per heavy atom. The summed E-state index contributed by atoms with van der Waals surface area (Å²) in [7, 11) is 0. The van der Waals surface area contributed by atoms with Crippen molar-refractivity contribution in [3.05, 3.63) is 76.7 Å². The van der Waals surface area contributed by atoms with E-state index in [1.54, 1.807) is 24.3 Å². The monoisotopic (exact) mass is 465 g/mol. The number of hydrogen-bond acceptors (Lipinski definition) is 5. The Bertz CT molecular complexity index is 1140. The van der Waals surface area contributed by atoms with E-state index in [0.29, 0.717) is 17.5 Å². The second kappa shape index (κ2) is 9.52. The maximum atomic E-state index is 13.0. The van der Waals surface area contributed by atoms with Crippen LogP contribution in [-0.2, 0) is 12.7 Å². The fourth-order valence-corrected chi connectivity index (χ4v) is 2.69. The summed E-state index contributed by atoms with van der Waals surface area (Å²) in [6, 6.07) is 9.67. The molecule has 0 aliphatic carbocycles. The molecule has 166 valence electrons. The first-order valence-corrected chi connectivity index (χ1v) is 9.29. The topological polar surface area (TPSA) is 119 Å². The zero-order valence-corrected chi connectivity index (χ0v) is 16.9. The fraction of sp³-hybridized carbons (Fsp3) is 0.100. The lowest BCUT2D eigenvalue weighted by Gasteiger charge is -2.12. The van der Waals surface area contributed by atoms with Gasteiger partial charge in [-0.2, -0.15) is 13.2 Å². The molecule has 12 heteroatoms. The summed E-state index contributed by atoms with van der Waals surface area (Å²) in [5.41, 5.74) is 4.21. The van der Waals surface area contributed by atoms with Crippen LogP contribution in [0.1, 0.15) is 21.5 Å². The SMILES string of the molecule is NC(=O)c1cc(CNC(=O)Nc2ccc(Oc3cc(Cl)ncn3)cc2)cc(C(F)(F)F)c1. The molecule has 0 aliphatic rings. The van der Waals surface area contributed by atoms with Gasteiger partial charge in [0.25, 0.3) is 0 Å². The number of urea groups is 1. The van der Waals surface area contributed by atoms with Crippen LogP contribution in [0.5, 0.6) is 11.6 Å². The predicted molar refractivity (Wildman–Crippen MR) is 109 cm³/mol. The van der Waals surface area contributed by atoms with Crippen molar-refractivity contribution >= 4 is 29.2 Å². The number of benzene rings is 2. The quantitative estimate of drug-likeness (QED) is 0.467. The number of nitrogens with one attached hydrogen (secondary N) is 2. The van der Waals surface area contributed by atoms with Crippen LogP contribution in [0.15, 0.2) is 54.9 Å². The van der Waals surface area contributed by atoms with E-state index < -0.39 is 23.7 Å². The lowest BCUT2D eigenvalue weighted by molar-refractivity contribution is -0.137. The van der Waals surface area contributed by atoms with E-state index >= 15 is 0 Å². The molecule has 0 unspecified atom stereocenters. The summed E-state index contributed by atoms with van der Waals surface area (Å²) in [5, 5.41) is 5.17. The van der Waals surface area contributed by atoms with Gasteiger partial charge in [0.05, 0.1) is 5.56 Å². The lowest BCUT2D eigenvalue weighted by Crippen LogP contribution is -2.28. The molecule has 2 aromatic carbocycles. The molecule has 0 saturated carbocycles. The molecule has 0 radical (unpaired) electrons. The third kappa shape index (κ3) is 6.32. The normalized spacial score (nSPS) is 11.0. The first-order chi connectivity index (χ1) is 15.1. The van der Waals surface area contributed by atoms with Gasteiger partial charge in [0.1, 0.15) is 17.2 Å². The summed E-state index contributed by atoms with van der Waals surface area (Å²) in [6.45, 7) is -0.258. The summed E-state index contributed by atoms with van der Waals surface area (Å²) >= 11 is 5.76. The minimum Gasteiger partial charge on any atom is -0.439 e. The molecular formula is C20H15ClF3N5O3. The van der Waals surface area contributed by atoms with Gasteiger partial charge in [0.2, 0.25) is 11.8 Å². The van der Waals surface area contributed by atoms with Crippen molar-refractivity contribution in [2.24, 2.45) is 5.73 Å². The van der Waals surface area contributed by atoms with Gasteiger partial charge in [-0.25, -0.2) is 14.8 Å². The summed E-state index contributed by atoms with van der Waals surface area (Å²) < 4.78 is 44.5. The van der Waals surface area contributed by atoms with Crippen LogP contribution in [0, 0.1) is 0 Å². The Labute approximate surface area is 184 Å². The summed E-state index contributed by atoms with van der Waals surface area (Å²) in [5.74, 6) is -0.345. The number of carbonyl (C=O) groups is 2. The predicted octanol–water partition coefficient (Wildman–Crippen LogP) is 4.36. The summed E-state index contributed by atoms with van der Waals surface area (Å²) in [6.07, 6.45) is -3.42. The minimum atomic E-state index is -4.66. The van der Waals surface area contributed by atoms with Crippen molar-refractivity contribution < 1.29 is 27.5 Å². The Balaban J connectivity index is 1.60. The van der Waals surface area contributed by atoms with E-state index in [1.165, 1.54) is 18.5 Å². The maximum Gasteiger partial charge on any atom is 0.416 e. The van der Waals surface area contributed by atoms with Gasteiger partial charge in [-0.1, -0.05) is 11.6 Å². The van der Waals surface area contributed by atoms with Crippen LogP contribution in [0.4, 0.5) is 23.7 Å². The van der Waals surface area contributed by atoms with Crippen molar-refractivity contribution in [3.8, 4) is 11.6 Å². The van der Waals surface area contributed by atoms with Gasteiger partial charge in [0, 0.05) is 23.9 Å². The highest BCUT2D eigenvalue weighted by atomic mass is 35.5. The number of amides is 3. The van der Waals surface area contributed by atoms with Gasteiger partial charge in [-0.15, -0.1) is 0 Å². The number of primary amides is 1. The second-order valence-electron chi connectivity index (χ2n) is 6.39. The molecule has 8 nitrogen and oxygen atoms in total. The molecular weight excluding hydrogens is 451 g/mol. The van der Waals surface area contributed by atoms with Gasteiger partial charge in [-0.05, 0) is 48.0 Å². The number of carbonyl (C=O) groups excluding carboxylic acids is 2. The lowest BCUT2D eigenvalue weighted by atomic mass is 10.0. The summed E-state index contributed by atoms with van der Waals surface area (Å²) in [4.78, 5) is 31.0. The largest absolute Gasteiger partial charge is 0.439 e. The third-order valence-corrected chi connectivity index (χ3v) is 4.21. The number of anilines is 1. The molecule has 0 saturated heterocycles. The van der Waals surface area contributed by atoms with E-state index in [2.05, 4.69) is 20.6 Å². The number of hydrogen-bond donors (Lipinski definition) is 3. The molecule has 0 spiro atoms. The number of aromatic nitrogens is 2. The van der Waals surface area contributed by atoms with Gasteiger partial charge >= 0.3 is 12.2 Å². The Morgan fingerprint density at radius 3 is 2.41 bits per heavy atom. The fourth-order valence-electron chi connectivity index (χ4n) is 2.56. The van der Waals surface area contributed by atoms with Crippen LogP contribution in [0.3, 0.4) is 0 Å². The van der Waals surface area contributed by atoms with Crippen molar-refractivity contribution in [3.63, 3.8) is 0 Å². The Hall–Kier alpha value is -3.86. The van der Waals surface area contributed by atoms with E-state index in [4.69, 9.17) is 22.1 Å². The molecule has 3 amide bonds. The molecule has 0 atom stereocenters. The maximum absolute atomic E-state index is 13.0.